The number of hydrogen-bond donors (Lipinski definition) is 0. The molecule has 0 saturated carbocycles. The zero-order chi connectivity index (χ0) is 15.5. The van der Waals surface area contributed by atoms with Crippen LogP contribution in [0.4, 0.5) is 4.79 Å². The Morgan fingerprint density at radius 1 is 1.14 bits per heavy atom. The molecule has 1 saturated heterocycles. The van der Waals surface area contributed by atoms with Gasteiger partial charge in [-0.2, -0.15) is 0 Å². The summed E-state index contributed by atoms with van der Waals surface area (Å²) in [5.74, 6) is -0.296. The lowest BCUT2D eigenvalue weighted by molar-refractivity contribution is -0.123. The second-order valence-corrected chi connectivity index (χ2v) is 6.08. The van der Waals surface area contributed by atoms with Crippen molar-refractivity contribution in [1.29, 1.82) is 0 Å². The second-order valence-electron chi connectivity index (χ2n) is 4.65. The molecule has 0 bridgehead atoms. The van der Waals surface area contributed by atoms with Crippen LogP contribution in [0.2, 0.25) is 5.02 Å². The number of benzene rings is 1. The summed E-state index contributed by atoms with van der Waals surface area (Å²) in [6, 6.07) is 12.5. The molecule has 3 rings (SSSR count). The van der Waals surface area contributed by atoms with Crippen molar-refractivity contribution in [3.63, 3.8) is 0 Å². The fraction of sp³-hybridized carbons (Fsp3) is 0.0625. The number of amides is 2. The Kier molecular flexibility index (Phi) is 4.27. The van der Waals surface area contributed by atoms with Crippen LogP contribution in [0.3, 0.4) is 0 Å². The molecular formula is C16H11ClN2O2S. The van der Waals surface area contributed by atoms with E-state index in [1.165, 1.54) is 4.90 Å². The number of nitrogens with zero attached hydrogens (tertiary/aromatic N) is 2. The zero-order valence-corrected chi connectivity index (χ0v) is 13.0. The van der Waals surface area contributed by atoms with E-state index < -0.39 is 0 Å². The molecule has 0 N–H and O–H groups in total. The Bertz CT molecular complexity index is 745. The Morgan fingerprint density at radius 2 is 1.91 bits per heavy atom. The molecule has 4 nitrogen and oxygen atoms in total. The van der Waals surface area contributed by atoms with Gasteiger partial charge in [0.15, 0.2) is 0 Å². The summed E-state index contributed by atoms with van der Waals surface area (Å²) in [6.07, 6.45) is 3.27. The maximum absolute atomic E-state index is 12.4. The van der Waals surface area contributed by atoms with Crippen LogP contribution in [-0.4, -0.2) is 21.0 Å². The number of pyridine rings is 1. The molecule has 22 heavy (non-hydrogen) atoms. The van der Waals surface area contributed by atoms with Gasteiger partial charge >= 0.3 is 0 Å². The highest BCUT2D eigenvalue weighted by Crippen LogP contribution is 2.33. The molecule has 110 valence electrons. The minimum Gasteiger partial charge on any atom is -0.268 e. The molecule has 2 aromatic rings. The average Bonchev–Trinajstić information content (AvgIpc) is 2.78. The van der Waals surface area contributed by atoms with Crippen molar-refractivity contribution in [3.8, 4) is 0 Å². The number of halogens is 1. The summed E-state index contributed by atoms with van der Waals surface area (Å²) >= 11 is 6.76. The Hall–Kier alpha value is -2.11. The van der Waals surface area contributed by atoms with Gasteiger partial charge in [0.1, 0.15) is 0 Å². The van der Waals surface area contributed by atoms with Crippen molar-refractivity contribution in [2.75, 3.05) is 0 Å². The molecule has 1 aromatic heterocycles. The highest BCUT2D eigenvalue weighted by molar-refractivity contribution is 8.18. The van der Waals surface area contributed by atoms with Crippen molar-refractivity contribution >= 4 is 40.6 Å². The molecule has 1 aliphatic rings. The first-order valence-electron chi connectivity index (χ1n) is 6.54. The Labute approximate surface area is 136 Å². The van der Waals surface area contributed by atoms with Crippen molar-refractivity contribution in [2.24, 2.45) is 0 Å². The van der Waals surface area contributed by atoms with Crippen LogP contribution >= 0.6 is 23.4 Å². The SMILES string of the molecule is O=C1S/C(=C\c2ccccn2)C(=O)N1Cc1ccc(Cl)cc1. The monoisotopic (exact) mass is 330 g/mol. The van der Waals surface area contributed by atoms with Crippen LogP contribution in [0, 0.1) is 0 Å². The van der Waals surface area contributed by atoms with E-state index in [1.54, 1.807) is 48.7 Å². The Morgan fingerprint density at radius 3 is 2.59 bits per heavy atom. The predicted molar refractivity (Wildman–Crippen MR) is 87.2 cm³/mol. The second kappa shape index (κ2) is 6.34. The van der Waals surface area contributed by atoms with E-state index in [-0.39, 0.29) is 17.7 Å². The van der Waals surface area contributed by atoms with Gasteiger partial charge in [0.05, 0.1) is 17.1 Å². The largest absolute Gasteiger partial charge is 0.293 e. The third-order valence-corrected chi connectivity index (χ3v) is 4.25. The predicted octanol–water partition coefficient (Wildman–Crippen LogP) is 3.97. The molecule has 1 aliphatic heterocycles. The molecule has 0 spiro atoms. The number of carbonyl (C=O) groups is 2. The summed E-state index contributed by atoms with van der Waals surface area (Å²) in [5.41, 5.74) is 1.50. The molecule has 0 unspecified atom stereocenters. The van der Waals surface area contributed by atoms with E-state index in [4.69, 9.17) is 11.6 Å². The molecule has 0 radical (unpaired) electrons. The van der Waals surface area contributed by atoms with E-state index in [1.807, 2.05) is 6.07 Å². The van der Waals surface area contributed by atoms with Gasteiger partial charge in [-0.3, -0.25) is 19.5 Å². The van der Waals surface area contributed by atoms with Gasteiger partial charge in [-0.1, -0.05) is 29.8 Å². The topological polar surface area (TPSA) is 50.3 Å². The summed E-state index contributed by atoms with van der Waals surface area (Å²) in [5, 5.41) is 0.343. The molecule has 2 heterocycles. The first kappa shape index (κ1) is 14.8. The van der Waals surface area contributed by atoms with Crippen LogP contribution in [0.15, 0.2) is 53.6 Å². The van der Waals surface area contributed by atoms with Crippen LogP contribution < -0.4 is 0 Å². The van der Waals surface area contributed by atoms with Crippen molar-refractivity contribution in [3.05, 3.63) is 69.8 Å². The van der Waals surface area contributed by atoms with Gasteiger partial charge in [0.2, 0.25) is 0 Å². The first-order chi connectivity index (χ1) is 10.6. The van der Waals surface area contributed by atoms with E-state index in [0.29, 0.717) is 15.6 Å². The average molecular weight is 331 g/mol. The van der Waals surface area contributed by atoms with Gasteiger partial charge in [-0.05, 0) is 47.7 Å². The quantitative estimate of drug-likeness (QED) is 0.799. The minimum atomic E-state index is -0.296. The fourth-order valence-electron chi connectivity index (χ4n) is 2.00. The summed E-state index contributed by atoms with van der Waals surface area (Å²) < 4.78 is 0. The molecule has 0 atom stereocenters. The normalized spacial score (nSPS) is 16.6. The van der Waals surface area contributed by atoms with Gasteiger partial charge in [-0.25, -0.2) is 0 Å². The molecular weight excluding hydrogens is 320 g/mol. The third kappa shape index (κ3) is 3.21. The standard InChI is InChI=1S/C16H11ClN2O2S/c17-12-6-4-11(5-7-12)10-19-15(20)14(22-16(19)21)9-13-3-1-2-8-18-13/h1-9H,10H2/b14-9-. The molecule has 1 aromatic carbocycles. The number of aromatic nitrogens is 1. The number of thioether (sulfide) groups is 1. The van der Waals surface area contributed by atoms with Gasteiger partial charge in [0.25, 0.3) is 11.1 Å². The fourth-order valence-corrected chi connectivity index (χ4v) is 2.95. The van der Waals surface area contributed by atoms with Crippen LogP contribution in [0.5, 0.6) is 0 Å². The van der Waals surface area contributed by atoms with Gasteiger partial charge < -0.3 is 0 Å². The van der Waals surface area contributed by atoms with E-state index in [9.17, 15) is 9.59 Å². The van der Waals surface area contributed by atoms with Crippen LogP contribution in [0.1, 0.15) is 11.3 Å². The Balaban J connectivity index is 1.80. The third-order valence-electron chi connectivity index (χ3n) is 3.09. The zero-order valence-electron chi connectivity index (χ0n) is 11.4. The number of hydrogen-bond acceptors (Lipinski definition) is 4. The first-order valence-corrected chi connectivity index (χ1v) is 7.74. The summed E-state index contributed by atoms with van der Waals surface area (Å²) in [6.45, 7) is 0.237. The van der Waals surface area contributed by atoms with Crippen molar-refractivity contribution in [1.82, 2.24) is 9.88 Å². The van der Waals surface area contributed by atoms with Crippen LogP contribution in [0.25, 0.3) is 6.08 Å². The van der Waals surface area contributed by atoms with Gasteiger partial charge in [-0.15, -0.1) is 0 Å². The number of carbonyl (C=O) groups excluding carboxylic acids is 2. The molecule has 6 heteroatoms. The molecule has 0 aliphatic carbocycles. The lowest BCUT2D eigenvalue weighted by Crippen LogP contribution is -2.27. The number of imide groups is 1. The smallest absolute Gasteiger partial charge is 0.268 e. The molecule has 1 fully saturated rings. The maximum Gasteiger partial charge on any atom is 0.293 e. The van der Waals surface area contributed by atoms with Crippen LogP contribution in [-0.2, 0) is 11.3 Å². The number of rotatable bonds is 3. The maximum atomic E-state index is 12.4. The lowest BCUT2D eigenvalue weighted by atomic mass is 10.2. The van der Waals surface area contributed by atoms with E-state index in [2.05, 4.69) is 4.98 Å². The van der Waals surface area contributed by atoms with E-state index in [0.717, 1.165) is 17.3 Å². The van der Waals surface area contributed by atoms with E-state index >= 15 is 0 Å². The summed E-state index contributed by atoms with van der Waals surface area (Å²) in [4.78, 5) is 30.1. The minimum absolute atomic E-state index is 0.237. The molecule has 2 amide bonds. The summed E-state index contributed by atoms with van der Waals surface area (Å²) in [7, 11) is 0. The van der Waals surface area contributed by atoms with Gasteiger partial charge in [0, 0.05) is 11.2 Å². The lowest BCUT2D eigenvalue weighted by Gasteiger charge is -2.12. The van der Waals surface area contributed by atoms with Crippen molar-refractivity contribution < 1.29 is 9.59 Å². The highest BCUT2D eigenvalue weighted by atomic mass is 35.5. The van der Waals surface area contributed by atoms with Crippen molar-refractivity contribution in [2.45, 2.75) is 6.54 Å². The highest BCUT2D eigenvalue weighted by Gasteiger charge is 2.35.